The molecule has 1 aliphatic heterocycles. The summed E-state index contributed by atoms with van der Waals surface area (Å²) < 4.78 is 5.05. The van der Waals surface area contributed by atoms with Crippen molar-refractivity contribution in [2.45, 2.75) is 6.10 Å². The Morgan fingerprint density at radius 2 is 2.54 bits per heavy atom. The van der Waals surface area contributed by atoms with E-state index in [4.69, 9.17) is 21.4 Å². The summed E-state index contributed by atoms with van der Waals surface area (Å²) in [6.45, 7) is 2.32. The average Bonchev–Trinajstić information content (AvgIpc) is 2.15. The maximum atomic E-state index is 10.6. The molecule has 0 bridgehead atoms. The summed E-state index contributed by atoms with van der Waals surface area (Å²) >= 11 is 5.36. The van der Waals surface area contributed by atoms with E-state index >= 15 is 0 Å². The van der Waals surface area contributed by atoms with Gasteiger partial charge in [0.05, 0.1) is 6.61 Å². The zero-order valence-electron chi connectivity index (χ0n) is 7.15. The Hall–Kier alpha value is -0.580. The number of carboxylic acid groups (broad SMARTS) is 1. The molecule has 5 heteroatoms. The van der Waals surface area contributed by atoms with Crippen LogP contribution in [0.2, 0.25) is 0 Å². The van der Waals surface area contributed by atoms with Gasteiger partial charge in [-0.3, -0.25) is 4.90 Å². The van der Waals surface area contributed by atoms with E-state index in [1.165, 1.54) is 5.54 Å². The Bertz CT molecular complexity index is 208. The van der Waals surface area contributed by atoms with E-state index in [2.05, 4.69) is 0 Å². The fraction of sp³-hybridized carbons (Fsp3) is 0.625. The van der Waals surface area contributed by atoms with Crippen molar-refractivity contribution in [2.75, 3.05) is 26.2 Å². The number of hydrogen-bond donors (Lipinski definition) is 1. The lowest BCUT2D eigenvalue weighted by Gasteiger charge is -2.29. The third-order valence-corrected chi connectivity index (χ3v) is 2.06. The Kier molecular flexibility index (Phi) is 4.21. The van der Waals surface area contributed by atoms with Crippen molar-refractivity contribution in [3.8, 4) is 0 Å². The highest BCUT2D eigenvalue weighted by Gasteiger charge is 2.25. The van der Waals surface area contributed by atoms with Crippen molar-refractivity contribution < 1.29 is 14.6 Å². The van der Waals surface area contributed by atoms with E-state index in [1.807, 2.05) is 4.90 Å². The van der Waals surface area contributed by atoms with Crippen LogP contribution in [0.3, 0.4) is 0 Å². The molecule has 13 heavy (non-hydrogen) atoms. The van der Waals surface area contributed by atoms with Crippen LogP contribution in [0.4, 0.5) is 0 Å². The quantitative estimate of drug-likeness (QED) is 0.730. The molecule has 0 amide bonds. The van der Waals surface area contributed by atoms with Crippen LogP contribution < -0.4 is 0 Å². The van der Waals surface area contributed by atoms with Crippen LogP contribution >= 0.6 is 11.6 Å². The number of morpholine rings is 1. The van der Waals surface area contributed by atoms with E-state index in [0.717, 1.165) is 6.54 Å². The molecule has 0 spiro atoms. The third-order valence-electron chi connectivity index (χ3n) is 1.88. The van der Waals surface area contributed by atoms with Crippen LogP contribution in [0.15, 0.2) is 11.6 Å². The smallest absolute Gasteiger partial charge is 0.334 e. The molecule has 1 saturated heterocycles. The topological polar surface area (TPSA) is 49.8 Å². The van der Waals surface area contributed by atoms with Crippen molar-refractivity contribution in [3.63, 3.8) is 0 Å². The number of rotatable bonds is 3. The number of nitrogens with zero attached hydrogens (tertiary/aromatic N) is 1. The SMILES string of the molecule is O=C(O)C1CN(CC=CCl)CCO1. The van der Waals surface area contributed by atoms with Crippen molar-refractivity contribution in [1.82, 2.24) is 4.90 Å². The first-order chi connectivity index (χ1) is 6.24. The number of hydrogen-bond acceptors (Lipinski definition) is 3. The molecule has 0 saturated carbocycles. The highest BCUT2D eigenvalue weighted by atomic mass is 35.5. The molecule has 1 fully saturated rings. The van der Waals surface area contributed by atoms with E-state index in [0.29, 0.717) is 19.7 Å². The number of aliphatic carboxylic acids is 1. The van der Waals surface area contributed by atoms with Crippen LogP contribution in [0.25, 0.3) is 0 Å². The van der Waals surface area contributed by atoms with Gasteiger partial charge in [-0.25, -0.2) is 4.79 Å². The molecule has 1 unspecified atom stereocenters. The summed E-state index contributed by atoms with van der Waals surface area (Å²) in [5, 5.41) is 8.69. The summed E-state index contributed by atoms with van der Waals surface area (Å²) in [5.41, 5.74) is 1.44. The summed E-state index contributed by atoms with van der Waals surface area (Å²) in [6, 6.07) is 0. The Morgan fingerprint density at radius 1 is 1.77 bits per heavy atom. The van der Waals surface area contributed by atoms with Gasteiger partial charge in [0, 0.05) is 25.2 Å². The predicted molar refractivity (Wildman–Crippen MR) is 48.8 cm³/mol. The minimum Gasteiger partial charge on any atom is -0.479 e. The standard InChI is InChI=1S/C8H12ClNO3/c9-2-1-3-10-4-5-13-7(6-10)8(11)12/h1-2,7H,3-6H2,(H,11,12). The second kappa shape index (κ2) is 5.21. The van der Waals surface area contributed by atoms with Crippen LogP contribution in [0, 0.1) is 0 Å². The fourth-order valence-corrected chi connectivity index (χ4v) is 1.29. The largest absolute Gasteiger partial charge is 0.479 e. The molecule has 0 aromatic rings. The Balaban J connectivity index is 2.37. The van der Waals surface area contributed by atoms with Gasteiger partial charge >= 0.3 is 5.97 Å². The molecular weight excluding hydrogens is 194 g/mol. The van der Waals surface area contributed by atoms with Crippen molar-refractivity contribution in [3.05, 3.63) is 11.6 Å². The first-order valence-corrected chi connectivity index (χ1v) is 4.49. The van der Waals surface area contributed by atoms with Crippen LogP contribution in [-0.2, 0) is 9.53 Å². The zero-order chi connectivity index (χ0) is 9.68. The molecule has 1 aliphatic rings. The first kappa shape index (κ1) is 10.5. The van der Waals surface area contributed by atoms with Crippen molar-refractivity contribution in [2.24, 2.45) is 0 Å². The lowest BCUT2D eigenvalue weighted by Crippen LogP contribution is -2.45. The Labute approximate surface area is 81.7 Å². The first-order valence-electron chi connectivity index (χ1n) is 4.06. The van der Waals surface area contributed by atoms with Gasteiger partial charge in [-0.05, 0) is 0 Å². The summed E-state index contributed by atoms with van der Waals surface area (Å²) in [5.74, 6) is -0.903. The van der Waals surface area contributed by atoms with Gasteiger partial charge < -0.3 is 9.84 Å². The molecule has 1 atom stereocenters. The molecule has 0 aliphatic carbocycles. The molecular formula is C8H12ClNO3. The van der Waals surface area contributed by atoms with Gasteiger partial charge in [-0.1, -0.05) is 17.7 Å². The van der Waals surface area contributed by atoms with Crippen LogP contribution in [0.1, 0.15) is 0 Å². The summed E-state index contributed by atoms with van der Waals surface area (Å²) in [7, 11) is 0. The molecule has 1 heterocycles. The molecule has 74 valence electrons. The lowest BCUT2D eigenvalue weighted by atomic mass is 10.3. The minimum atomic E-state index is -0.903. The Morgan fingerprint density at radius 3 is 3.15 bits per heavy atom. The van der Waals surface area contributed by atoms with Gasteiger partial charge in [-0.15, -0.1) is 0 Å². The number of ether oxygens (including phenoxy) is 1. The van der Waals surface area contributed by atoms with Gasteiger partial charge in [0.2, 0.25) is 0 Å². The molecule has 1 N–H and O–H groups in total. The van der Waals surface area contributed by atoms with Gasteiger partial charge in [-0.2, -0.15) is 0 Å². The van der Waals surface area contributed by atoms with Crippen molar-refractivity contribution in [1.29, 1.82) is 0 Å². The second-order valence-electron chi connectivity index (χ2n) is 2.82. The van der Waals surface area contributed by atoms with Gasteiger partial charge in [0.1, 0.15) is 0 Å². The van der Waals surface area contributed by atoms with E-state index in [-0.39, 0.29) is 0 Å². The van der Waals surface area contributed by atoms with Gasteiger partial charge in [0.25, 0.3) is 0 Å². The molecule has 1 rings (SSSR count). The normalized spacial score (nSPS) is 25.2. The van der Waals surface area contributed by atoms with Gasteiger partial charge in [0.15, 0.2) is 6.10 Å². The predicted octanol–water partition coefficient (Wildman–Crippen LogP) is 0.524. The van der Waals surface area contributed by atoms with E-state index < -0.39 is 12.1 Å². The number of halogens is 1. The van der Waals surface area contributed by atoms with E-state index in [9.17, 15) is 4.79 Å². The lowest BCUT2D eigenvalue weighted by molar-refractivity contribution is -0.155. The van der Waals surface area contributed by atoms with Crippen LogP contribution in [-0.4, -0.2) is 48.3 Å². The average molecular weight is 206 g/mol. The monoisotopic (exact) mass is 205 g/mol. The van der Waals surface area contributed by atoms with Crippen LogP contribution in [0.5, 0.6) is 0 Å². The summed E-state index contributed by atoms with van der Waals surface area (Å²) in [6.07, 6.45) is 1.09. The molecule has 0 aromatic carbocycles. The second-order valence-corrected chi connectivity index (χ2v) is 3.07. The molecule has 0 aromatic heterocycles. The van der Waals surface area contributed by atoms with E-state index in [1.54, 1.807) is 6.08 Å². The zero-order valence-corrected chi connectivity index (χ0v) is 7.91. The maximum absolute atomic E-state index is 10.6. The third kappa shape index (κ3) is 3.34. The number of carboxylic acids is 1. The summed E-state index contributed by atoms with van der Waals surface area (Å²) in [4.78, 5) is 12.6. The minimum absolute atomic E-state index is 0.427. The highest BCUT2D eigenvalue weighted by molar-refractivity contribution is 6.25. The molecule has 4 nitrogen and oxygen atoms in total. The fourth-order valence-electron chi connectivity index (χ4n) is 1.21. The van der Waals surface area contributed by atoms with Crippen molar-refractivity contribution >= 4 is 17.6 Å². The number of carbonyl (C=O) groups is 1. The highest BCUT2D eigenvalue weighted by Crippen LogP contribution is 2.05. The maximum Gasteiger partial charge on any atom is 0.334 e. The molecule has 0 radical (unpaired) electrons.